The van der Waals surface area contributed by atoms with E-state index in [4.69, 9.17) is 4.74 Å². The Balaban J connectivity index is 1.70. The van der Waals surface area contributed by atoms with E-state index in [9.17, 15) is 5.11 Å². The monoisotopic (exact) mass is 270 g/mol. The minimum atomic E-state index is 0.145. The van der Waals surface area contributed by atoms with Gasteiger partial charge in [-0.15, -0.1) is 0 Å². The van der Waals surface area contributed by atoms with Crippen LogP contribution in [0.3, 0.4) is 0 Å². The van der Waals surface area contributed by atoms with Gasteiger partial charge in [-0.3, -0.25) is 4.90 Å². The molecule has 0 aromatic heterocycles. The van der Waals surface area contributed by atoms with Crippen molar-refractivity contribution in [2.24, 2.45) is 5.41 Å². The largest absolute Gasteiger partial charge is 0.396 e. The summed E-state index contributed by atoms with van der Waals surface area (Å²) in [5, 5.41) is 13.1. The zero-order valence-corrected chi connectivity index (χ0v) is 12.5. The number of aliphatic hydroxyl groups excluding tert-OH is 1. The standard InChI is InChI=1S/C15H30N2O2/c1-13(2)17-7-8-19-14(10-17)9-16-11-15(12-18)5-3-4-6-15/h13-14,16,18H,3-12H2,1-2H3. The number of ether oxygens (including phenoxy) is 1. The lowest BCUT2D eigenvalue weighted by Crippen LogP contribution is -2.50. The lowest BCUT2D eigenvalue weighted by atomic mass is 9.87. The third kappa shape index (κ3) is 4.15. The Morgan fingerprint density at radius 2 is 2.11 bits per heavy atom. The molecule has 0 bridgehead atoms. The molecule has 1 heterocycles. The van der Waals surface area contributed by atoms with Gasteiger partial charge in [0.05, 0.1) is 12.7 Å². The van der Waals surface area contributed by atoms with Gasteiger partial charge in [0.1, 0.15) is 0 Å². The summed E-state index contributed by atoms with van der Waals surface area (Å²) in [6, 6.07) is 0.602. The first-order valence-electron chi connectivity index (χ1n) is 7.82. The van der Waals surface area contributed by atoms with Crippen molar-refractivity contribution in [3.63, 3.8) is 0 Å². The SMILES string of the molecule is CC(C)N1CCOC(CNCC2(CO)CCCC2)C1. The molecule has 19 heavy (non-hydrogen) atoms. The van der Waals surface area contributed by atoms with E-state index >= 15 is 0 Å². The Labute approximate surface area is 117 Å². The summed E-state index contributed by atoms with van der Waals surface area (Å²) in [6.45, 7) is 9.57. The average molecular weight is 270 g/mol. The van der Waals surface area contributed by atoms with Crippen LogP contribution in [0.4, 0.5) is 0 Å². The highest BCUT2D eigenvalue weighted by Crippen LogP contribution is 2.36. The summed E-state index contributed by atoms with van der Waals surface area (Å²) >= 11 is 0. The molecule has 2 fully saturated rings. The summed E-state index contributed by atoms with van der Waals surface area (Å²) < 4.78 is 5.82. The van der Waals surface area contributed by atoms with Crippen molar-refractivity contribution in [2.45, 2.75) is 51.7 Å². The highest BCUT2D eigenvalue weighted by molar-refractivity contribution is 4.87. The van der Waals surface area contributed by atoms with E-state index in [1.165, 1.54) is 25.7 Å². The van der Waals surface area contributed by atoms with Crippen molar-refractivity contribution in [3.8, 4) is 0 Å². The molecule has 0 amide bonds. The summed E-state index contributed by atoms with van der Waals surface area (Å²) in [6.07, 6.45) is 5.17. The van der Waals surface area contributed by atoms with Crippen LogP contribution in [0.15, 0.2) is 0 Å². The molecule has 0 aromatic carbocycles. The van der Waals surface area contributed by atoms with Gasteiger partial charge < -0.3 is 15.2 Å². The third-order valence-corrected chi connectivity index (χ3v) is 4.77. The third-order valence-electron chi connectivity index (χ3n) is 4.77. The van der Waals surface area contributed by atoms with Gasteiger partial charge in [-0.05, 0) is 26.7 Å². The molecule has 112 valence electrons. The lowest BCUT2D eigenvalue weighted by Gasteiger charge is -2.36. The smallest absolute Gasteiger partial charge is 0.0826 e. The molecule has 2 rings (SSSR count). The Morgan fingerprint density at radius 3 is 2.74 bits per heavy atom. The molecule has 1 saturated carbocycles. The van der Waals surface area contributed by atoms with Crippen LogP contribution >= 0.6 is 0 Å². The van der Waals surface area contributed by atoms with Gasteiger partial charge in [-0.1, -0.05) is 12.8 Å². The molecular weight excluding hydrogens is 240 g/mol. The minimum absolute atomic E-state index is 0.145. The first-order valence-corrected chi connectivity index (χ1v) is 7.82. The highest BCUT2D eigenvalue weighted by Gasteiger charge is 2.33. The van der Waals surface area contributed by atoms with Crippen molar-refractivity contribution in [1.82, 2.24) is 10.2 Å². The number of aliphatic hydroxyl groups is 1. The molecule has 1 aliphatic heterocycles. The fourth-order valence-corrected chi connectivity index (χ4v) is 3.35. The van der Waals surface area contributed by atoms with Crippen molar-refractivity contribution in [1.29, 1.82) is 0 Å². The van der Waals surface area contributed by atoms with Crippen LogP contribution in [0.5, 0.6) is 0 Å². The van der Waals surface area contributed by atoms with E-state index in [0.29, 0.717) is 18.8 Å². The van der Waals surface area contributed by atoms with Gasteiger partial charge >= 0.3 is 0 Å². The number of morpholine rings is 1. The molecular formula is C15H30N2O2. The van der Waals surface area contributed by atoms with E-state index in [0.717, 1.165) is 32.8 Å². The van der Waals surface area contributed by atoms with Crippen LogP contribution < -0.4 is 5.32 Å². The van der Waals surface area contributed by atoms with Crippen LogP contribution in [0.2, 0.25) is 0 Å². The normalized spacial score (nSPS) is 28.1. The Hall–Kier alpha value is -0.160. The number of nitrogens with one attached hydrogen (secondary N) is 1. The number of rotatable bonds is 6. The molecule has 1 saturated heterocycles. The van der Waals surface area contributed by atoms with E-state index in [1.807, 2.05) is 0 Å². The second-order valence-corrected chi connectivity index (χ2v) is 6.58. The maximum absolute atomic E-state index is 9.59. The molecule has 0 radical (unpaired) electrons. The van der Waals surface area contributed by atoms with Crippen molar-refractivity contribution in [3.05, 3.63) is 0 Å². The fraction of sp³-hybridized carbons (Fsp3) is 1.00. The topological polar surface area (TPSA) is 44.7 Å². The maximum Gasteiger partial charge on any atom is 0.0826 e. The Kier molecular flexibility index (Phi) is 5.63. The molecule has 4 nitrogen and oxygen atoms in total. The lowest BCUT2D eigenvalue weighted by molar-refractivity contribution is -0.0384. The summed E-state index contributed by atoms with van der Waals surface area (Å²) in [7, 11) is 0. The van der Waals surface area contributed by atoms with Gasteiger partial charge in [0.2, 0.25) is 0 Å². The number of hydrogen-bond acceptors (Lipinski definition) is 4. The van der Waals surface area contributed by atoms with Crippen molar-refractivity contribution >= 4 is 0 Å². The zero-order chi connectivity index (χ0) is 13.7. The van der Waals surface area contributed by atoms with E-state index in [-0.39, 0.29) is 5.41 Å². The molecule has 1 unspecified atom stereocenters. The molecule has 4 heteroatoms. The zero-order valence-electron chi connectivity index (χ0n) is 12.5. The highest BCUT2D eigenvalue weighted by atomic mass is 16.5. The van der Waals surface area contributed by atoms with Crippen LogP contribution in [0.25, 0.3) is 0 Å². The van der Waals surface area contributed by atoms with Gasteiger partial charge in [0, 0.05) is 44.2 Å². The predicted molar refractivity (Wildman–Crippen MR) is 77.3 cm³/mol. The molecule has 2 aliphatic rings. The predicted octanol–water partition coefficient (Wildman–Crippen LogP) is 1.24. The Bertz CT molecular complexity index is 265. The number of nitrogens with zero attached hydrogens (tertiary/aromatic N) is 1. The van der Waals surface area contributed by atoms with Gasteiger partial charge in [0.15, 0.2) is 0 Å². The van der Waals surface area contributed by atoms with Gasteiger partial charge in [0.25, 0.3) is 0 Å². The van der Waals surface area contributed by atoms with E-state index in [1.54, 1.807) is 0 Å². The first kappa shape index (κ1) is 15.2. The summed E-state index contributed by atoms with van der Waals surface area (Å²) in [5.74, 6) is 0. The maximum atomic E-state index is 9.59. The van der Waals surface area contributed by atoms with E-state index < -0.39 is 0 Å². The molecule has 0 spiro atoms. The number of hydrogen-bond donors (Lipinski definition) is 2. The molecule has 1 aliphatic carbocycles. The van der Waals surface area contributed by atoms with Crippen LogP contribution in [-0.4, -0.2) is 61.5 Å². The van der Waals surface area contributed by atoms with Crippen LogP contribution in [0, 0.1) is 5.41 Å². The quantitative estimate of drug-likeness (QED) is 0.762. The van der Waals surface area contributed by atoms with Crippen molar-refractivity contribution in [2.75, 3.05) is 39.4 Å². The van der Waals surface area contributed by atoms with E-state index in [2.05, 4.69) is 24.1 Å². The Morgan fingerprint density at radius 1 is 1.37 bits per heavy atom. The van der Waals surface area contributed by atoms with Gasteiger partial charge in [-0.25, -0.2) is 0 Å². The average Bonchev–Trinajstić information content (AvgIpc) is 2.88. The molecule has 0 aromatic rings. The first-order chi connectivity index (χ1) is 9.15. The van der Waals surface area contributed by atoms with Crippen LogP contribution in [0.1, 0.15) is 39.5 Å². The van der Waals surface area contributed by atoms with Crippen molar-refractivity contribution < 1.29 is 9.84 Å². The van der Waals surface area contributed by atoms with Gasteiger partial charge in [-0.2, -0.15) is 0 Å². The fourth-order valence-electron chi connectivity index (χ4n) is 3.35. The molecule has 2 N–H and O–H groups in total. The summed E-state index contributed by atoms with van der Waals surface area (Å²) in [4.78, 5) is 2.48. The minimum Gasteiger partial charge on any atom is -0.396 e. The second kappa shape index (κ2) is 7.02. The second-order valence-electron chi connectivity index (χ2n) is 6.58. The van der Waals surface area contributed by atoms with Crippen LogP contribution in [-0.2, 0) is 4.74 Å². The summed E-state index contributed by atoms with van der Waals surface area (Å²) in [5.41, 5.74) is 0.145. The molecule has 1 atom stereocenters.